The summed E-state index contributed by atoms with van der Waals surface area (Å²) >= 11 is 1.85. The molecular formula is C48H38N2S. The number of para-hydroxylation sites is 3. The van der Waals surface area contributed by atoms with E-state index in [1.807, 2.05) is 11.8 Å². The van der Waals surface area contributed by atoms with E-state index >= 15 is 0 Å². The third-order valence-corrected chi connectivity index (χ3v) is 12.2. The highest BCUT2D eigenvalue weighted by Gasteiger charge is 2.36. The molecule has 0 bridgehead atoms. The lowest BCUT2D eigenvalue weighted by Crippen LogP contribution is -2.25. The maximum absolute atomic E-state index is 2.52. The minimum atomic E-state index is -0.0748. The van der Waals surface area contributed by atoms with Crippen LogP contribution in [0.5, 0.6) is 0 Å². The summed E-state index contributed by atoms with van der Waals surface area (Å²) < 4.78 is 0. The van der Waals surface area contributed by atoms with Crippen LogP contribution in [0, 0.1) is 0 Å². The second-order valence-electron chi connectivity index (χ2n) is 14.5. The van der Waals surface area contributed by atoms with Crippen molar-refractivity contribution in [2.24, 2.45) is 0 Å². The van der Waals surface area contributed by atoms with E-state index in [0.717, 1.165) is 13.0 Å². The maximum Gasteiger partial charge on any atom is 0.0601 e. The van der Waals surface area contributed by atoms with Crippen LogP contribution in [0.25, 0.3) is 34.1 Å². The molecule has 3 aliphatic rings. The van der Waals surface area contributed by atoms with E-state index in [0.29, 0.717) is 0 Å². The number of anilines is 5. The van der Waals surface area contributed by atoms with Gasteiger partial charge in [-0.2, -0.15) is 0 Å². The number of hydrogen-bond donors (Lipinski definition) is 0. The van der Waals surface area contributed by atoms with E-state index < -0.39 is 0 Å². The van der Waals surface area contributed by atoms with Gasteiger partial charge in [-0.05, 0) is 123 Å². The van der Waals surface area contributed by atoms with Crippen LogP contribution in [0.1, 0.15) is 48.1 Å². The molecule has 7 aromatic carbocycles. The molecule has 0 amide bonds. The summed E-state index contributed by atoms with van der Waals surface area (Å²) in [5, 5.41) is 2.48. The highest BCUT2D eigenvalue weighted by atomic mass is 32.2. The molecule has 0 saturated heterocycles. The van der Waals surface area contributed by atoms with Crippen LogP contribution in [0.4, 0.5) is 28.4 Å². The average molecular weight is 675 g/mol. The van der Waals surface area contributed by atoms with Gasteiger partial charge in [-0.1, -0.05) is 123 Å². The average Bonchev–Trinajstić information content (AvgIpc) is 3.40. The van der Waals surface area contributed by atoms with E-state index in [4.69, 9.17) is 0 Å². The van der Waals surface area contributed by atoms with Crippen molar-refractivity contribution in [2.45, 2.75) is 41.9 Å². The summed E-state index contributed by atoms with van der Waals surface area (Å²) in [4.78, 5) is 7.48. The van der Waals surface area contributed by atoms with Crippen molar-refractivity contribution in [2.75, 3.05) is 16.3 Å². The predicted molar refractivity (Wildman–Crippen MR) is 217 cm³/mol. The lowest BCUT2D eigenvalue weighted by Gasteiger charge is -2.33. The third-order valence-electron chi connectivity index (χ3n) is 11.1. The fourth-order valence-corrected chi connectivity index (χ4v) is 9.54. The van der Waals surface area contributed by atoms with Gasteiger partial charge in [-0.3, -0.25) is 0 Å². The number of rotatable bonds is 4. The van der Waals surface area contributed by atoms with Crippen molar-refractivity contribution in [3.8, 4) is 11.1 Å². The molecule has 1 aliphatic carbocycles. The quantitative estimate of drug-likeness (QED) is 0.172. The Hall–Kier alpha value is -5.51. The normalized spacial score (nSPS) is 15.3. The summed E-state index contributed by atoms with van der Waals surface area (Å²) in [5.74, 6) is 0. The molecule has 0 N–H and O–H groups in total. The fourth-order valence-electron chi connectivity index (χ4n) is 8.49. The van der Waals surface area contributed by atoms with Gasteiger partial charge in [0, 0.05) is 38.8 Å². The smallest absolute Gasteiger partial charge is 0.0601 e. The Morgan fingerprint density at radius 1 is 0.549 bits per heavy atom. The highest BCUT2D eigenvalue weighted by Crippen LogP contribution is 2.52. The van der Waals surface area contributed by atoms with Gasteiger partial charge in [0.2, 0.25) is 0 Å². The van der Waals surface area contributed by atoms with Crippen molar-refractivity contribution in [3.63, 3.8) is 0 Å². The molecule has 0 radical (unpaired) electrons. The van der Waals surface area contributed by atoms with E-state index in [-0.39, 0.29) is 5.41 Å². The first-order valence-electron chi connectivity index (χ1n) is 18.0. The molecule has 0 aromatic heterocycles. The molecule has 0 fully saturated rings. The summed E-state index contributed by atoms with van der Waals surface area (Å²) in [6.07, 6.45) is 6.87. The number of benzene rings is 7. The van der Waals surface area contributed by atoms with E-state index in [1.54, 1.807) is 0 Å². The lowest BCUT2D eigenvalue weighted by molar-refractivity contribution is 0.659. The second kappa shape index (κ2) is 11.8. The number of nitrogens with zero attached hydrogens (tertiary/aromatic N) is 2. The summed E-state index contributed by atoms with van der Waals surface area (Å²) in [5.41, 5.74) is 15.7. The van der Waals surface area contributed by atoms with Crippen molar-refractivity contribution < 1.29 is 0 Å². The molecule has 2 aliphatic heterocycles. The van der Waals surface area contributed by atoms with Crippen LogP contribution in [0.15, 0.2) is 155 Å². The summed E-state index contributed by atoms with van der Waals surface area (Å²) in [6, 6.07) is 54.1. The Morgan fingerprint density at radius 3 is 1.92 bits per heavy atom. The second-order valence-corrected chi connectivity index (χ2v) is 15.6. The fraction of sp³-hybridized carbons (Fsp3) is 0.125. The van der Waals surface area contributed by atoms with E-state index in [9.17, 15) is 0 Å². The van der Waals surface area contributed by atoms with Crippen molar-refractivity contribution in [3.05, 3.63) is 173 Å². The molecule has 2 nitrogen and oxygen atoms in total. The van der Waals surface area contributed by atoms with Crippen LogP contribution < -0.4 is 9.80 Å². The van der Waals surface area contributed by atoms with Gasteiger partial charge in [0.1, 0.15) is 0 Å². The van der Waals surface area contributed by atoms with Crippen molar-refractivity contribution >= 4 is 63.1 Å². The molecule has 0 unspecified atom stereocenters. The van der Waals surface area contributed by atoms with Crippen LogP contribution in [0.2, 0.25) is 0 Å². The molecule has 246 valence electrons. The highest BCUT2D eigenvalue weighted by molar-refractivity contribution is 7.99. The van der Waals surface area contributed by atoms with Gasteiger partial charge in [-0.25, -0.2) is 0 Å². The van der Waals surface area contributed by atoms with Gasteiger partial charge in [0.15, 0.2) is 0 Å². The van der Waals surface area contributed by atoms with Crippen LogP contribution >= 0.6 is 11.8 Å². The van der Waals surface area contributed by atoms with Crippen molar-refractivity contribution in [1.82, 2.24) is 0 Å². The monoisotopic (exact) mass is 674 g/mol. The molecule has 2 heterocycles. The Balaban J connectivity index is 0.929. The molecule has 0 spiro atoms. The largest absolute Gasteiger partial charge is 0.341 e. The first-order valence-corrected chi connectivity index (χ1v) is 18.9. The Morgan fingerprint density at radius 2 is 1.14 bits per heavy atom. The lowest BCUT2D eigenvalue weighted by atomic mass is 9.81. The molecule has 3 heteroatoms. The zero-order chi connectivity index (χ0) is 34.1. The summed E-state index contributed by atoms with van der Waals surface area (Å²) in [7, 11) is 0. The number of aryl methyl sites for hydroxylation is 1. The van der Waals surface area contributed by atoms with Gasteiger partial charge >= 0.3 is 0 Å². The molecule has 51 heavy (non-hydrogen) atoms. The zero-order valence-electron chi connectivity index (χ0n) is 28.9. The topological polar surface area (TPSA) is 6.48 Å². The van der Waals surface area contributed by atoms with Gasteiger partial charge in [0.05, 0.1) is 11.4 Å². The molecule has 10 rings (SSSR count). The first kappa shape index (κ1) is 30.3. The van der Waals surface area contributed by atoms with Gasteiger partial charge < -0.3 is 9.80 Å². The van der Waals surface area contributed by atoms with E-state index in [1.165, 1.54) is 94.4 Å². The summed E-state index contributed by atoms with van der Waals surface area (Å²) in [6.45, 7) is 5.84. The number of fused-ring (bicyclic) bond motifs is 7. The van der Waals surface area contributed by atoms with Gasteiger partial charge in [-0.15, -0.1) is 0 Å². The SMILES string of the molecule is CC1(C)c2cc(C=Cc3ccc4cc(N5c6ccccc6Sc6ccccc65)ccc4c3)ccc2-c2ccc(N3CCCc4ccccc43)cc21. The first-order chi connectivity index (χ1) is 25.0. The van der Waals surface area contributed by atoms with Crippen LogP contribution in [-0.4, -0.2) is 6.54 Å². The minimum Gasteiger partial charge on any atom is -0.341 e. The van der Waals surface area contributed by atoms with Gasteiger partial charge in [0.25, 0.3) is 0 Å². The Labute approximate surface area is 304 Å². The molecule has 0 atom stereocenters. The maximum atomic E-state index is 2.52. The van der Waals surface area contributed by atoms with Crippen LogP contribution in [0.3, 0.4) is 0 Å². The molecular weight excluding hydrogens is 637 g/mol. The van der Waals surface area contributed by atoms with Crippen LogP contribution in [-0.2, 0) is 11.8 Å². The Bertz CT molecular complexity index is 2500. The third kappa shape index (κ3) is 5.02. The standard InChI is InChI=1S/C48H38N2S/c1-48(2)41-29-33(20-25-39(41)40-26-24-37(31-42(40)48)49-27-9-11-34-10-3-4-12-43(34)49)18-17-32-19-21-36-30-38(23-22-35(36)28-32)50-44-13-5-7-15-46(44)51-47-16-8-6-14-45(47)50/h3-8,10,12-26,28-31H,9,11,27H2,1-2H3. The molecule has 7 aromatic rings. The molecule has 0 saturated carbocycles. The van der Waals surface area contributed by atoms with Crippen molar-refractivity contribution in [1.29, 1.82) is 0 Å². The zero-order valence-corrected chi connectivity index (χ0v) is 29.8. The number of hydrogen-bond acceptors (Lipinski definition) is 3. The predicted octanol–water partition coefficient (Wildman–Crippen LogP) is 13.3. The Kier molecular flexibility index (Phi) is 7.01. The van der Waals surface area contributed by atoms with E-state index in [2.05, 4.69) is 181 Å². The minimum absolute atomic E-state index is 0.0748.